The van der Waals surface area contributed by atoms with Crippen molar-refractivity contribution in [1.82, 2.24) is 14.3 Å². The van der Waals surface area contributed by atoms with Crippen LogP contribution in [0.25, 0.3) is 5.69 Å². The van der Waals surface area contributed by atoms with Crippen LogP contribution in [0.3, 0.4) is 0 Å². The van der Waals surface area contributed by atoms with E-state index < -0.39 is 0 Å². The third kappa shape index (κ3) is 5.63. The fourth-order valence-electron chi connectivity index (χ4n) is 3.23. The summed E-state index contributed by atoms with van der Waals surface area (Å²) in [6.07, 6.45) is 0. The smallest absolute Gasteiger partial charge is 0.295 e. The lowest BCUT2D eigenvalue weighted by Crippen LogP contribution is -2.28. The summed E-state index contributed by atoms with van der Waals surface area (Å²) in [5.74, 6) is -0.195. The van der Waals surface area contributed by atoms with Crippen LogP contribution in [0.4, 0.5) is 5.69 Å². The van der Waals surface area contributed by atoms with Gasteiger partial charge >= 0.3 is 0 Å². The molecule has 7 nitrogen and oxygen atoms in total. The second kappa shape index (κ2) is 10.6. The maximum absolute atomic E-state index is 12.9. The van der Waals surface area contributed by atoms with Crippen molar-refractivity contribution in [3.8, 4) is 5.69 Å². The van der Waals surface area contributed by atoms with Gasteiger partial charge < -0.3 is 10.2 Å². The summed E-state index contributed by atoms with van der Waals surface area (Å²) < 4.78 is 3.21. The highest BCUT2D eigenvalue weighted by atomic mass is 35.5. The Bertz CT molecular complexity index is 1170. The Labute approximate surface area is 196 Å². The molecule has 0 aliphatic carbocycles. The Hall–Kier alpha value is -2.97. The first kappa shape index (κ1) is 23.7. The zero-order chi connectivity index (χ0) is 23.3. The standard InChI is InChI=1S/C23H25ClN4O3S/c1-16-22(23(31)28(27(16)3)19-10-5-4-6-11-19)25-20(29)14-32-15-21(30)26(2)13-17-8-7-9-18(24)12-17/h4-12H,13-15H2,1-3H3,(H,25,29). The minimum absolute atomic E-state index is 0.0653. The lowest BCUT2D eigenvalue weighted by Gasteiger charge is -2.17. The number of thioether (sulfide) groups is 1. The summed E-state index contributed by atoms with van der Waals surface area (Å²) >= 11 is 7.19. The highest BCUT2D eigenvalue weighted by molar-refractivity contribution is 8.00. The summed E-state index contributed by atoms with van der Waals surface area (Å²) in [4.78, 5) is 39.3. The van der Waals surface area contributed by atoms with Gasteiger partial charge in [-0.1, -0.05) is 41.9 Å². The number of amides is 2. The number of carbonyl (C=O) groups is 2. The number of nitrogens with zero attached hydrogens (tertiary/aromatic N) is 3. The van der Waals surface area contributed by atoms with Crippen LogP contribution in [0.15, 0.2) is 59.4 Å². The molecular weight excluding hydrogens is 448 g/mol. The number of nitrogens with one attached hydrogen (secondary N) is 1. The minimum atomic E-state index is -0.327. The number of rotatable bonds is 8. The monoisotopic (exact) mass is 472 g/mol. The van der Waals surface area contributed by atoms with Gasteiger partial charge in [-0.05, 0) is 36.8 Å². The second-order valence-corrected chi connectivity index (χ2v) is 8.78. The number of para-hydroxylation sites is 1. The molecule has 168 valence electrons. The highest BCUT2D eigenvalue weighted by Gasteiger charge is 2.18. The van der Waals surface area contributed by atoms with E-state index in [1.54, 1.807) is 36.7 Å². The van der Waals surface area contributed by atoms with Crippen LogP contribution in [0.1, 0.15) is 11.3 Å². The molecule has 1 aromatic heterocycles. The predicted octanol–water partition coefficient (Wildman–Crippen LogP) is 3.47. The number of benzene rings is 2. The van der Waals surface area contributed by atoms with Gasteiger partial charge in [-0.3, -0.25) is 19.1 Å². The quantitative estimate of drug-likeness (QED) is 0.544. The molecular formula is C23H25ClN4O3S. The van der Waals surface area contributed by atoms with Crippen LogP contribution >= 0.6 is 23.4 Å². The fraction of sp³-hybridized carbons (Fsp3) is 0.261. The van der Waals surface area contributed by atoms with E-state index in [4.69, 9.17) is 11.6 Å². The van der Waals surface area contributed by atoms with Gasteiger partial charge in [0.15, 0.2) is 0 Å². The first-order valence-corrected chi connectivity index (χ1v) is 11.5. The molecule has 0 bridgehead atoms. The Balaban J connectivity index is 1.55. The Morgan fingerprint density at radius 2 is 1.81 bits per heavy atom. The van der Waals surface area contributed by atoms with Crippen molar-refractivity contribution in [2.24, 2.45) is 7.05 Å². The third-order valence-electron chi connectivity index (χ3n) is 5.01. The van der Waals surface area contributed by atoms with Gasteiger partial charge in [0.2, 0.25) is 11.8 Å². The molecule has 1 heterocycles. The maximum Gasteiger partial charge on any atom is 0.295 e. The number of halogens is 1. The zero-order valence-corrected chi connectivity index (χ0v) is 19.7. The molecule has 3 aromatic rings. The lowest BCUT2D eigenvalue weighted by atomic mass is 10.2. The van der Waals surface area contributed by atoms with Gasteiger partial charge in [-0.15, -0.1) is 11.8 Å². The largest absolute Gasteiger partial charge is 0.341 e. The van der Waals surface area contributed by atoms with Gasteiger partial charge in [0, 0.05) is 25.7 Å². The van der Waals surface area contributed by atoms with Gasteiger partial charge in [0.05, 0.1) is 22.9 Å². The van der Waals surface area contributed by atoms with Crippen LogP contribution in [0, 0.1) is 6.92 Å². The molecule has 32 heavy (non-hydrogen) atoms. The van der Waals surface area contributed by atoms with E-state index in [0.29, 0.717) is 22.9 Å². The summed E-state index contributed by atoms with van der Waals surface area (Å²) in [7, 11) is 3.48. The average Bonchev–Trinajstić information content (AvgIpc) is 2.97. The molecule has 0 fully saturated rings. The minimum Gasteiger partial charge on any atom is -0.341 e. The number of anilines is 1. The van der Waals surface area contributed by atoms with E-state index in [1.807, 2.05) is 48.5 Å². The van der Waals surface area contributed by atoms with Crippen molar-refractivity contribution < 1.29 is 9.59 Å². The van der Waals surface area contributed by atoms with Gasteiger partial charge in [-0.25, -0.2) is 4.68 Å². The molecule has 1 N–H and O–H groups in total. The summed E-state index contributed by atoms with van der Waals surface area (Å²) in [5, 5.41) is 3.33. The Kier molecular flexibility index (Phi) is 7.82. The topological polar surface area (TPSA) is 76.3 Å². The molecule has 0 unspecified atom stereocenters. The van der Waals surface area contributed by atoms with Crippen LogP contribution in [0.2, 0.25) is 5.02 Å². The Morgan fingerprint density at radius 3 is 2.50 bits per heavy atom. The van der Waals surface area contributed by atoms with Crippen molar-refractivity contribution in [3.05, 3.63) is 81.2 Å². The number of carbonyl (C=O) groups excluding carboxylic acids is 2. The molecule has 2 amide bonds. The molecule has 2 aromatic carbocycles. The molecule has 9 heteroatoms. The number of hydrogen-bond donors (Lipinski definition) is 1. The van der Waals surface area contributed by atoms with Crippen molar-refractivity contribution in [2.45, 2.75) is 13.5 Å². The predicted molar refractivity (Wildman–Crippen MR) is 130 cm³/mol. The van der Waals surface area contributed by atoms with E-state index in [2.05, 4.69) is 5.32 Å². The van der Waals surface area contributed by atoms with Crippen molar-refractivity contribution in [2.75, 3.05) is 23.9 Å². The fourth-order valence-corrected chi connectivity index (χ4v) is 4.19. The SMILES string of the molecule is Cc1c(NC(=O)CSCC(=O)N(C)Cc2cccc(Cl)c2)c(=O)n(-c2ccccc2)n1C. The van der Waals surface area contributed by atoms with E-state index in [9.17, 15) is 14.4 Å². The van der Waals surface area contributed by atoms with E-state index in [0.717, 1.165) is 5.56 Å². The second-order valence-electron chi connectivity index (χ2n) is 7.36. The molecule has 0 aliphatic rings. The van der Waals surface area contributed by atoms with Gasteiger partial charge in [0.1, 0.15) is 5.69 Å². The third-order valence-corrected chi connectivity index (χ3v) is 6.16. The summed E-state index contributed by atoms with van der Waals surface area (Å²) in [6, 6.07) is 16.6. The molecule has 0 saturated heterocycles. The Morgan fingerprint density at radius 1 is 1.09 bits per heavy atom. The van der Waals surface area contributed by atoms with Crippen molar-refractivity contribution in [3.63, 3.8) is 0 Å². The first-order valence-electron chi connectivity index (χ1n) is 9.98. The molecule has 0 atom stereocenters. The number of hydrogen-bond acceptors (Lipinski definition) is 4. The molecule has 3 rings (SSSR count). The zero-order valence-electron chi connectivity index (χ0n) is 18.2. The first-order chi connectivity index (χ1) is 15.3. The van der Waals surface area contributed by atoms with Crippen molar-refractivity contribution >= 4 is 40.9 Å². The van der Waals surface area contributed by atoms with Crippen LogP contribution in [0.5, 0.6) is 0 Å². The normalized spacial score (nSPS) is 10.8. The van der Waals surface area contributed by atoms with E-state index in [1.165, 1.54) is 16.4 Å². The molecule has 0 spiro atoms. The van der Waals surface area contributed by atoms with Crippen LogP contribution < -0.4 is 10.9 Å². The molecule has 0 aliphatic heterocycles. The summed E-state index contributed by atoms with van der Waals surface area (Å²) in [5.41, 5.74) is 2.24. The maximum atomic E-state index is 12.9. The summed E-state index contributed by atoms with van der Waals surface area (Å²) in [6.45, 7) is 2.21. The van der Waals surface area contributed by atoms with E-state index in [-0.39, 0.29) is 34.6 Å². The van der Waals surface area contributed by atoms with Gasteiger partial charge in [0.25, 0.3) is 5.56 Å². The average molecular weight is 473 g/mol. The number of aromatic nitrogens is 2. The van der Waals surface area contributed by atoms with Crippen molar-refractivity contribution in [1.29, 1.82) is 0 Å². The van der Waals surface area contributed by atoms with E-state index >= 15 is 0 Å². The highest BCUT2D eigenvalue weighted by Crippen LogP contribution is 2.15. The van der Waals surface area contributed by atoms with Crippen LogP contribution in [-0.2, 0) is 23.2 Å². The van der Waals surface area contributed by atoms with Gasteiger partial charge in [-0.2, -0.15) is 0 Å². The molecule has 0 radical (unpaired) electrons. The lowest BCUT2D eigenvalue weighted by molar-refractivity contribution is -0.127. The molecule has 0 saturated carbocycles. The van der Waals surface area contributed by atoms with Crippen LogP contribution in [-0.4, -0.2) is 44.6 Å².